The van der Waals surface area contributed by atoms with Gasteiger partial charge in [0.25, 0.3) is 0 Å². The summed E-state index contributed by atoms with van der Waals surface area (Å²) in [5.41, 5.74) is 4.01. The summed E-state index contributed by atoms with van der Waals surface area (Å²) in [6.07, 6.45) is 0. The van der Waals surface area contributed by atoms with E-state index in [1.54, 1.807) is 48.5 Å². The van der Waals surface area contributed by atoms with E-state index in [9.17, 15) is 9.59 Å². The molecule has 46 heavy (non-hydrogen) atoms. The Morgan fingerprint density at radius 2 is 0.609 bits per heavy atom. The molecule has 0 amide bonds. The summed E-state index contributed by atoms with van der Waals surface area (Å²) in [6.45, 7) is 0. The lowest BCUT2D eigenvalue weighted by atomic mass is 9.62. The minimum Gasteiger partial charge on any atom is -0.294 e. The Morgan fingerprint density at radius 3 is 0.957 bits per heavy atom. The second kappa shape index (κ2) is 14.4. The second-order valence-corrected chi connectivity index (χ2v) is 11.4. The molecule has 2 atom stereocenters. The monoisotopic (exact) mass is 598 g/mol. The molecule has 6 rings (SSSR count). The molecule has 0 saturated carbocycles. The van der Waals surface area contributed by atoms with Crippen molar-refractivity contribution < 1.29 is 14.4 Å². The van der Waals surface area contributed by atoms with Crippen LogP contribution in [-0.2, 0) is 0 Å². The first kappa shape index (κ1) is 30.4. The summed E-state index contributed by atoms with van der Waals surface area (Å²) in [4.78, 5) is 44.8. The summed E-state index contributed by atoms with van der Waals surface area (Å²) in [7, 11) is 0. The van der Waals surface area contributed by atoms with Crippen molar-refractivity contribution in [3.63, 3.8) is 0 Å². The smallest absolute Gasteiger partial charge is 0.174 e. The SMILES string of the molecule is O=C(c1ccccc1)C(C(=O)c1ccccc1)[C@H](c1ccccc1)[C@@H](C(=O)c1ccccc1)C(c1ccccc1)c1ccccc1. The lowest BCUT2D eigenvalue weighted by Crippen LogP contribution is -2.40. The summed E-state index contributed by atoms with van der Waals surface area (Å²) >= 11 is 0. The van der Waals surface area contributed by atoms with Crippen molar-refractivity contribution in [2.75, 3.05) is 0 Å². The molecular weight excluding hydrogens is 564 g/mol. The lowest BCUT2D eigenvalue weighted by Gasteiger charge is -2.37. The molecule has 6 aromatic rings. The van der Waals surface area contributed by atoms with Gasteiger partial charge in [-0.1, -0.05) is 182 Å². The quantitative estimate of drug-likeness (QED) is 0.104. The molecular formula is C43H34O3. The van der Waals surface area contributed by atoms with Gasteiger partial charge in [-0.15, -0.1) is 0 Å². The highest BCUT2D eigenvalue weighted by Crippen LogP contribution is 2.47. The zero-order valence-electron chi connectivity index (χ0n) is 25.4. The van der Waals surface area contributed by atoms with Gasteiger partial charge in [0.15, 0.2) is 17.3 Å². The van der Waals surface area contributed by atoms with Gasteiger partial charge in [0.2, 0.25) is 0 Å². The zero-order valence-corrected chi connectivity index (χ0v) is 25.4. The third kappa shape index (κ3) is 6.55. The fourth-order valence-corrected chi connectivity index (χ4v) is 6.54. The van der Waals surface area contributed by atoms with Gasteiger partial charge < -0.3 is 0 Å². The van der Waals surface area contributed by atoms with Crippen LogP contribution in [0, 0.1) is 11.8 Å². The van der Waals surface area contributed by atoms with Crippen LogP contribution < -0.4 is 0 Å². The van der Waals surface area contributed by atoms with Gasteiger partial charge in [0, 0.05) is 34.4 Å². The van der Waals surface area contributed by atoms with Crippen LogP contribution >= 0.6 is 0 Å². The van der Waals surface area contributed by atoms with E-state index in [4.69, 9.17) is 0 Å². The number of ketones is 3. The van der Waals surface area contributed by atoms with Crippen molar-refractivity contribution >= 4 is 17.3 Å². The Bertz CT molecular complexity index is 1780. The number of hydrogen-bond donors (Lipinski definition) is 0. The molecule has 224 valence electrons. The average molecular weight is 599 g/mol. The number of benzene rings is 6. The van der Waals surface area contributed by atoms with Crippen LogP contribution in [0.5, 0.6) is 0 Å². The second-order valence-electron chi connectivity index (χ2n) is 11.4. The Morgan fingerprint density at radius 1 is 0.326 bits per heavy atom. The highest BCUT2D eigenvalue weighted by Gasteiger charge is 2.47. The van der Waals surface area contributed by atoms with Crippen LogP contribution in [0.3, 0.4) is 0 Å². The predicted molar refractivity (Wildman–Crippen MR) is 183 cm³/mol. The molecule has 0 bridgehead atoms. The predicted octanol–water partition coefficient (Wildman–Crippen LogP) is 9.48. The van der Waals surface area contributed by atoms with E-state index >= 15 is 4.79 Å². The topological polar surface area (TPSA) is 51.2 Å². The van der Waals surface area contributed by atoms with Gasteiger partial charge >= 0.3 is 0 Å². The Kier molecular flexibility index (Phi) is 9.51. The van der Waals surface area contributed by atoms with E-state index in [0.29, 0.717) is 16.7 Å². The van der Waals surface area contributed by atoms with Gasteiger partial charge in [0.05, 0.1) is 5.92 Å². The maximum atomic E-state index is 15.1. The van der Waals surface area contributed by atoms with Crippen LogP contribution in [0.2, 0.25) is 0 Å². The van der Waals surface area contributed by atoms with Crippen molar-refractivity contribution in [3.8, 4) is 0 Å². The number of rotatable bonds is 12. The molecule has 0 radical (unpaired) electrons. The molecule has 0 fully saturated rings. The van der Waals surface area contributed by atoms with E-state index in [1.807, 2.05) is 133 Å². The highest BCUT2D eigenvalue weighted by atomic mass is 16.2. The molecule has 0 heterocycles. The Hall–Kier alpha value is -5.67. The number of hydrogen-bond acceptors (Lipinski definition) is 3. The summed E-state index contributed by atoms with van der Waals surface area (Å²) < 4.78 is 0. The number of carbonyl (C=O) groups is 3. The van der Waals surface area contributed by atoms with Gasteiger partial charge in [-0.2, -0.15) is 0 Å². The van der Waals surface area contributed by atoms with Crippen molar-refractivity contribution in [2.45, 2.75) is 11.8 Å². The van der Waals surface area contributed by atoms with Crippen LogP contribution in [0.4, 0.5) is 0 Å². The third-order valence-corrected chi connectivity index (χ3v) is 8.65. The van der Waals surface area contributed by atoms with E-state index in [0.717, 1.165) is 16.7 Å². The van der Waals surface area contributed by atoms with Gasteiger partial charge in [-0.05, 0) is 16.7 Å². The molecule has 3 nitrogen and oxygen atoms in total. The van der Waals surface area contributed by atoms with Crippen molar-refractivity contribution in [1.82, 2.24) is 0 Å². The van der Waals surface area contributed by atoms with Crippen LogP contribution in [0.1, 0.15) is 59.6 Å². The molecule has 0 aliphatic heterocycles. The fraction of sp³-hybridized carbons (Fsp3) is 0.0930. The van der Waals surface area contributed by atoms with Crippen LogP contribution in [0.25, 0.3) is 0 Å². The van der Waals surface area contributed by atoms with Gasteiger partial charge in [-0.25, -0.2) is 0 Å². The average Bonchev–Trinajstić information content (AvgIpc) is 3.14. The van der Waals surface area contributed by atoms with Crippen LogP contribution in [-0.4, -0.2) is 17.3 Å². The Labute approximate surface area is 270 Å². The first-order chi connectivity index (χ1) is 22.6. The van der Waals surface area contributed by atoms with E-state index < -0.39 is 23.7 Å². The normalized spacial score (nSPS) is 12.4. The van der Waals surface area contributed by atoms with Crippen molar-refractivity contribution in [3.05, 3.63) is 215 Å². The van der Waals surface area contributed by atoms with Crippen LogP contribution in [0.15, 0.2) is 182 Å². The summed E-state index contributed by atoms with van der Waals surface area (Å²) in [5, 5.41) is 0. The highest BCUT2D eigenvalue weighted by molar-refractivity contribution is 6.17. The maximum Gasteiger partial charge on any atom is 0.174 e. The molecule has 0 spiro atoms. The van der Waals surface area contributed by atoms with E-state index in [2.05, 4.69) is 0 Å². The molecule has 6 aromatic carbocycles. The molecule has 3 heteroatoms. The summed E-state index contributed by atoms with van der Waals surface area (Å²) in [5.74, 6) is -4.02. The van der Waals surface area contributed by atoms with Crippen molar-refractivity contribution in [2.24, 2.45) is 11.8 Å². The fourth-order valence-electron chi connectivity index (χ4n) is 6.54. The number of carbonyl (C=O) groups excluding carboxylic acids is 3. The molecule has 0 saturated heterocycles. The molecule has 0 aliphatic carbocycles. The van der Waals surface area contributed by atoms with Gasteiger partial charge in [-0.3, -0.25) is 14.4 Å². The van der Waals surface area contributed by atoms with Crippen molar-refractivity contribution in [1.29, 1.82) is 0 Å². The first-order valence-electron chi connectivity index (χ1n) is 15.6. The maximum absolute atomic E-state index is 15.1. The summed E-state index contributed by atoms with van der Waals surface area (Å²) in [6, 6.07) is 56.6. The Balaban J connectivity index is 1.67. The number of Topliss-reactive ketones (excluding diaryl/α,β-unsaturated/α-hetero) is 3. The standard InChI is InChI=1S/C43H34O3/c44-41(34-25-13-4-14-26-34)39(37(31-19-7-1-8-20-31)32-21-9-2-10-22-32)38(33-23-11-3-12-24-33)40(42(45)35-27-15-5-16-28-35)43(46)36-29-17-6-18-30-36/h1-30,37-40H/t38-,39+/m1/s1. The van der Waals surface area contributed by atoms with Gasteiger partial charge in [0.1, 0.15) is 0 Å². The largest absolute Gasteiger partial charge is 0.294 e. The molecule has 0 aliphatic rings. The molecule has 0 unspecified atom stereocenters. The third-order valence-electron chi connectivity index (χ3n) is 8.65. The first-order valence-corrected chi connectivity index (χ1v) is 15.6. The zero-order chi connectivity index (χ0) is 31.7. The molecule has 0 N–H and O–H groups in total. The van der Waals surface area contributed by atoms with E-state index in [1.165, 1.54) is 0 Å². The minimum atomic E-state index is -1.18. The van der Waals surface area contributed by atoms with E-state index in [-0.39, 0.29) is 17.3 Å². The lowest BCUT2D eigenvalue weighted by molar-refractivity contribution is 0.0722. The molecule has 0 aromatic heterocycles. The minimum absolute atomic E-state index is 0.126.